The van der Waals surface area contributed by atoms with Crippen molar-refractivity contribution in [2.24, 2.45) is 0 Å². The molecule has 1 heterocycles. The molecule has 0 fully saturated rings. The number of para-hydroxylation sites is 2. The highest BCUT2D eigenvalue weighted by Crippen LogP contribution is 2.26. The van der Waals surface area contributed by atoms with Crippen LogP contribution in [0.1, 0.15) is 16.1 Å². The first-order valence-corrected chi connectivity index (χ1v) is 9.69. The molecular formula is C19H15BrFN3O2S. The number of benzene rings is 2. The SMILES string of the molecule is COc1ccccc1NC(=O)c1nc(SCc2ccccc2F)ncc1Br. The van der Waals surface area contributed by atoms with Gasteiger partial charge in [-0.05, 0) is 39.7 Å². The maximum absolute atomic E-state index is 13.7. The summed E-state index contributed by atoms with van der Waals surface area (Å²) >= 11 is 4.56. The molecule has 2 aromatic carbocycles. The number of hydrogen-bond acceptors (Lipinski definition) is 5. The number of ether oxygens (including phenoxy) is 1. The van der Waals surface area contributed by atoms with Crippen molar-refractivity contribution in [2.45, 2.75) is 10.9 Å². The molecule has 0 spiro atoms. The summed E-state index contributed by atoms with van der Waals surface area (Å²) in [5, 5.41) is 3.16. The second-order valence-corrected chi connectivity index (χ2v) is 7.18. The van der Waals surface area contributed by atoms with E-state index in [0.29, 0.717) is 32.4 Å². The van der Waals surface area contributed by atoms with E-state index in [-0.39, 0.29) is 11.5 Å². The average Bonchev–Trinajstić information content (AvgIpc) is 2.68. The largest absolute Gasteiger partial charge is 0.495 e. The molecule has 27 heavy (non-hydrogen) atoms. The van der Waals surface area contributed by atoms with E-state index in [2.05, 4.69) is 31.2 Å². The summed E-state index contributed by atoms with van der Waals surface area (Å²) in [7, 11) is 1.53. The minimum Gasteiger partial charge on any atom is -0.495 e. The third-order valence-corrected chi connectivity index (χ3v) is 5.10. The molecule has 0 aliphatic rings. The number of halogens is 2. The standard InChI is InChI=1S/C19H15BrFN3O2S/c1-26-16-9-5-4-8-15(16)23-18(25)17-13(20)10-22-19(24-17)27-11-12-6-2-3-7-14(12)21/h2-10H,11H2,1H3,(H,23,25). The Balaban J connectivity index is 1.76. The van der Waals surface area contributed by atoms with Gasteiger partial charge in [0.15, 0.2) is 5.16 Å². The molecule has 0 atom stereocenters. The molecule has 3 aromatic rings. The summed E-state index contributed by atoms with van der Waals surface area (Å²) < 4.78 is 19.4. The number of carbonyl (C=O) groups excluding carboxylic acids is 1. The van der Waals surface area contributed by atoms with E-state index < -0.39 is 5.91 Å². The summed E-state index contributed by atoms with van der Waals surface area (Å²) in [5.74, 6) is 0.227. The van der Waals surface area contributed by atoms with Crippen molar-refractivity contribution >= 4 is 39.3 Å². The first-order valence-electron chi connectivity index (χ1n) is 7.91. The van der Waals surface area contributed by atoms with Gasteiger partial charge in [-0.15, -0.1) is 0 Å². The number of anilines is 1. The molecule has 3 rings (SSSR count). The van der Waals surface area contributed by atoms with Crippen LogP contribution in [0.3, 0.4) is 0 Å². The van der Waals surface area contributed by atoms with Crippen molar-refractivity contribution < 1.29 is 13.9 Å². The summed E-state index contributed by atoms with van der Waals surface area (Å²) in [4.78, 5) is 21.1. The Morgan fingerprint density at radius 3 is 2.74 bits per heavy atom. The van der Waals surface area contributed by atoms with Gasteiger partial charge in [0, 0.05) is 11.9 Å². The second kappa shape index (κ2) is 8.96. The molecule has 1 aromatic heterocycles. The third kappa shape index (κ3) is 4.84. The van der Waals surface area contributed by atoms with E-state index in [1.165, 1.54) is 31.1 Å². The van der Waals surface area contributed by atoms with E-state index >= 15 is 0 Å². The number of carbonyl (C=O) groups is 1. The lowest BCUT2D eigenvalue weighted by atomic mass is 10.2. The summed E-state index contributed by atoms with van der Waals surface area (Å²) in [6.07, 6.45) is 1.51. The maximum Gasteiger partial charge on any atom is 0.275 e. The summed E-state index contributed by atoms with van der Waals surface area (Å²) in [6, 6.07) is 13.6. The van der Waals surface area contributed by atoms with Crippen LogP contribution in [0.25, 0.3) is 0 Å². The van der Waals surface area contributed by atoms with Crippen molar-refractivity contribution in [2.75, 3.05) is 12.4 Å². The van der Waals surface area contributed by atoms with Gasteiger partial charge in [-0.25, -0.2) is 14.4 Å². The third-order valence-electron chi connectivity index (χ3n) is 3.61. The summed E-state index contributed by atoms with van der Waals surface area (Å²) in [5.41, 5.74) is 1.28. The topological polar surface area (TPSA) is 64.1 Å². The predicted octanol–water partition coefficient (Wildman–Crippen LogP) is 4.93. The van der Waals surface area contributed by atoms with E-state index in [0.717, 1.165) is 0 Å². The fourth-order valence-electron chi connectivity index (χ4n) is 2.27. The molecule has 0 radical (unpaired) electrons. The van der Waals surface area contributed by atoms with Crippen LogP contribution in [-0.4, -0.2) is 23.0 Å². The number of amides is 1. The number of aromatic nitrogens is 2. The van der Waals surface area contributed by atoms with Gasteiger partial charge < -0.3 is 10.1 Å². The van der Waals surface area contributed by atoms with Gasteiger partial charge >= 0.3 is 0 Å². The quantitative estimate of drug-likeness (QED) is 0.428. The Morgan fingerprint density at radius 2 is 1.96 bits per heavy atom. The van der Waals surface area contributed by atoms with Crippen LogP contribution in [0.2, 0.25) is 0 Å². The molecule has 1 N–H and O–H groups in total. The lowest BCUT2D eigenvalue weighted by Gasteiger charge is -2.10. The second-order valence-electron chi connectivity index (χ2n) is 5.38. The fourth-order valence-corrected chi connectivity index (χ4v) is 3.44. The lowest BCUT2D eigenvalue weighted by molar-refractivity contribution is 0.102. The van der Waals surface area contributed by atoms with Crippen LogP contribution in [0.5, 0.6) is 5.75 Å². The van der Waals surface area contributed by atoms with Crippen LogP contribution >= 0.6 is 27.7 Å². The average molecular weight is 448 g/mol. The first kappa shape index (κ1) is 19.3. The highest BCUT2D eigenvalue weighted by molar-refractivity contribution is 9.10. The van der Waals surface area contributed by atoms with Gasteiger partial charge in [0.25, 0.3) is 5.91 Å². The molecule has 0 saturated carbocycles. The monoisotopic (exact) mass is 447 g/mol. The van der Waals surface area contributed by atoms with Crippen molar-refractivity contribution in [3.8, 4) is 5.75 Å². The first-order chi connectivity index (χ1) is 13.1. The zero-order chi connectivity index (χ0) is 19.2. The molecule has 5 nitrogen and oxygen atoms in total. The van der Waals surface area contributed by atoms with Gasteiger partial charge in [-0.3, -0.25) is 4.79 Å². The van der Waals surface area contributed by atoms with Crippen molar-refractivity contribution in [3.05, 3.63) is 76.3 Å². The van der Waals surface area contributed by atoms with E-state index in [9.17, 15) is 9.18 Å². The number of rotatable bonds is 6. The van der Waals surface area contributed by atoms with Crippen LogP contribution in [0, 0.1) is 5.82 Å². The van der Waals surface area contributed by atoms with E-state index in [1.807, 2.05) is 6.07 Å². The molecular weight excluding hydrogens is 433 g/mol. The van der Waals surface area contributed by atoms with Gasteiger partial charge in [0.2, 0.25) is 0 Å². The molecule has 8 heteroatoms. The van der Waals surface area contributed by atoms with Crippen molar-refractivity contribution in [1.29, 1.82) is 0 Å². The van der Waals surface area contributed by atoms with Crippen LogP contribution in [0.15, 0.2) is 64.4 Å². The molecule has 0 unspecified atom stereocenters. The van der Waals surface area contributed by atoms with Crippen LogP contribution in [-0.2, 0) is 5.75 Å². The van der Waals surface area contributed by atoms with E-state index in [1.54, 1.807) is 36.4 Å². The Hall–Kier alpha value is -2.45. The highest BCUT2D eigenvalue weighted by Gasteiger charge is 2.16. The van der Waals surface area contributed by atoms with Gasteiger partial charge in [-0.2, -0.15) is 0 Å². The Kier molecular flexibility index (Phi) is 6.41. The van der Waals surface area contributed by atoms with Crippen molar-refractivity contribution in [1.82, 2.24) is 9.97 Å². The van der Waals surface area contributed by atoms with Gasteiger partial charge in [0.1, 0.15) is 17.3 Å². The van der Waals surface area contributed by atoms with E-state index in [4.69, 9.17) is 4.74 Å². The Labute approximate surface area is 168 Å². The van der Waals surface area contributed by atoms with Gasteiger partial charge in [0.05, 0.1) is 17.3 Å². The number of hydrogen-bond donors (Lipinski definition) is 1. The smallest absolute Gasteiger partial charge is 0.275 e. The van der Waals surface area contributed by atoms with Crippen LogP contribution in [0.4, 0.5) is 10.1 Å². The number of nitrogens with one attached hydrogen (secondary N) is 1. The lowest BCUT2D eigenvalue weighted by Crippen LogP contribution is -2.15. The number of methoxy groups -OCH3 is 1. The Bertz CT molecular complexity index is 971. The molecule has 0 bridgehead atoms. The molecule has 0 saturated heterocycles. The zero-order valence-electron chi connectivity index (χ0n) is 14.3. The maximum atomic E-state index is 13.7. The highest BCUT2D eigenvalue weighted by atomic mass is 79.9. The number of nitrogens with zero attached hydrogens (tertiary/aromatic N) is 2. The molecule has 0 aliphatic carbocycles. The minimum atomic E-state index is -0.401. The van der Waals surface area contributed by atoms with Crippen molar-refractivity contribution in [3.63, 3.8) is 0 Å². The normalized spacial score (nSPS) is 10.5. The number of thioether (sulfide) groups is 1. The molecule has 138 valence electrons. The predicted molar refractivity (Wildman–Crippen MR) is 107 cm³/mol. The molecule has 1 amide bonds. The molecule has 0 aliphatic heterocycles. The fraction of sp³-hybridized carbons (Fsp3) is 0.105. The van der Waals surface area contributed by atoms with Gasteiger partial charge in [-0.1, -0.05) is 42.1 Å². The van der Waals surface area contributed by atoms with Crippen LogP contribution < -0.4 is 10.1 Å². The Morgan fingerprint density at radius 1 is 1.22 bits per heavy atom. The summed E-state index contributed by atoms with van der Waals surface area (Å²) in [6.45, 7) is 0. The minimum absolute atomic E-state index is 0.187. The zero-order valence-corrected chi connectivity index (χ0v) is 16.7.